The molecule has 1 fully saturated rings. The Bertz CT molecular complexity index is 707. The highest BCUT2D eigenvalue weighted by molar-refractivity contribution is 7.15. The quantitative estimate of drug-likeness (QED) is 0.863. The van der Waals surface area contributed by atoms with E-state index >= 15 is 0 Å². The second kappa shape index (κ2) is 8.04. The van der Waals surface area contributed by atoms with Gasteiger partial charge in [0.15, 0.2) is 10.8 Å². The Hall–Kier alpha value is -1.51. The summed E-state index contributed by atoms with van der Waals surface area (Å²) in [6.45, 7) is 7.93. The molecule has 0 aromatic carbocycles. The standard InChI is InChI=1S/C15H22N6OS.ClH/c1-4-12-10(3)23-15(17-12)18-14(22)13-9(2)21(20-19-13)11-5-7-16-8-6-11;/h11,16H,4-8H2,1-3H3,(H,17,18,22);1H. The number of anilines is 1. The van der Waals surface area contributed by atoms with Gasteiger partial charge in [0.1, 0.15) is 0 Å². The summed E-state index contributed by atoms with van der Waals surface area (Å²) in [5.41, 5.74) is 2.23. The number of hydrogen-bond donors (Lipinski definition) is 2. The third kappa shape index (κ3) is 3.76. The SMILES string of the molecule is CCc1nc(NC(=O)c2nnn(C3CCNCC3)c2C)sc1C.Cl. The smallest absolute Gasteiger partial charge is 0.279 e. The molecule has 9 heteroatoms. The summed E-state index contributed by atoms with van der Waals surface area (Å²) in [6, 6.07) is 0.319. The van der Waals surface area contributed by atoms with E-state index in [0.29, 0.717) is 16.9 Å². The highest BCUT2D eigenvalue weighted by Gasteiger charge is 2.23. The third-order valence-corrected chi connectivity index (χ3v) is 5.17. The number of nitrogens with zero attached hydrogens (tertiary/aromatic N) is 4. The number of nitrogens with one attached hydrogen (secondary N) is 2. The molecule has 0 aliphatic carbocycles. The van der Waals surface area contributed by atoms with Crippen molar-refractivity contribution >= 4 is 34.8 Å². The van der Waals surface area contributed by atoms with Crippen molar-refractivity contribution in [3.63, 3.8) is 0 Å². The van der Waals surface area contributed by atoms with Crippen LogP contribution in [0.1, 0.15) is 52.6 Å². The number of aromatic nitrogens is 4. The maximum atomic E-state index is 12.5. The molecule has 1 aliphatic rings. The Labute approximate surface area is 151 Å². The molecule has 2 N–H and O–H groups in total. The summed E-state index contributed by atoms with van der Waals surface area (Å²) in [7, 11) is 0. The van der Waals surface area contributed by atoms with Crippen LogP contribution < -0.4 is 10.6 Å². The van der Waals surface area contributed by atoms with Gasteiger partial charge in [-0.1, -0.05) is 12.1 Å². The Morgan fingerprint density at radius 3 is 2.71 bits per heavy atom. The predicted octanol–water partition coefficient (Wildman–Crippen LogP) is 2.51. The van der Waals surface area contributed by atoms with Crippen molar-refractivity contribution in [2.24, 2.45) is 0 Å². The van der Waals surface area contributed by atoms with E-state index in [1.165, 1.54) is 11.3 Å². The first-order chi connectivity index (χ1) is 11.1. The van der Waals surface area contributed by atoms with E-state index in [-0.39, 0.29) is 18.3 Å². The summed E-state index contributed by atoms with van der Waals surface area (Å²) in [6.07, 6.45) is 2.89. The normalized spacial score (nSPS) is 15.1. The predicted molar refractivity (Wildman–Crippen MR) is 97.3 cm³/mol. The maximum Gasteiger partial charge on any atom is 0.279 e. The number of piperidine rings is 1. The Morgan fingerprint density at radius 1 is 1.38 bits per heavy atom. The monoisotopic (exact) mass is 370 g/mol. The van der Waals surface area contributed by atoms with Gasteiger partial charge in [0.2, 0.25) is 0 Å². The van der Waals surface area contributed by atoms with Gasteiger partial charge in [-0.15, -0.1) is 28.8 Å². The van der Waals surface area contributed by atoms with Crippen LogP contribution in [0.5, 0.6) is 0 Å². The van der Waals surface area contributed by atoms with E-state index in [0.717, 1.165) is 48.6 Å². The molecule has 7 nitrogen and oxygen atoms in total. The fraction of sp³-hybridized carbons (Fsp3) is 0.600. The molecule has 3 rings (SSSR count). The van der Waals surface area contributed by atoms with Crippen LogP contribution in [-0.4, -0.2) is 39.0 Å². The van der Waals surface area contributed by atoms with Crippen LogP contribution in [0.4, 0.5) is 5.13 Å². The van der Waals surface area contributed by atoms with Crippen molar-refractivity contribution in [1.29, 1.82) is 0 Å². The highest BCUT2D eigenvalue weighted by atomic mass is 35.5. The second-order valence-electron chi connectivity index (χ2n) is 5.78. The molecular weight excluding hydrogens is 348 g/mol. The van der Waals surface area contributed by atoms with E-state index in [2.05, 4.69) is 32.9 Å². The summed E-state index contributed by atoms with van der Waals surface area (Å²) in [5.74, 6) is -0.237. The minimum atomic E-state index is -0.237. The number of aryl methyl sites for hydroxylation is 2. The van der Waals surface area contributed by atoms with Crippen molar-refractivity contribution in [2.75, 3.05) is 18.4 Å². The Balaban J connectivity index is 0.00000208. The third-order valence-electron chi connectivity index (χ3n) is 4.25. The van der Waals surface area contributed by atoms with Gasteiger partial charge < -0.3 is 5.32 Å². The summed E-state index contributed by atoms with van der Waals surface area (Å²) in [5, 5.41) is 15.1. The van der Waals surface area contributed by atoms with Crippen LogP contribution in [0.25, 0.3) is 0 Å². The maximum absolute atomic E-state index is 12.5. The van der Waals surface area contributed by atoms with Crippen molar-refractivity contribution < 1.29 is 4.79 Å². The van der Waals surface area contributed by atoms with Gasteiger partial charge >= 0.3 is 0 Å². The molecule has 0 spiro atoms. The van der Waals surface area contributed by atoms with E-state index in [1.807, 2.05) is 18.5 Å². The van der Waals surface area contributed by atoms with Crippen LogP contribution in [-0.2, 0) is 6.42 Å². The zero-order chi connectivity index (χ0) is 16.4. The lowest BCUT2D eigenvalue weighted by Gasteiger charge is -2.23. The van der Waals surface area contributed by atoms with Gasteiger partial charge in [-0.25, -0.2) is 9.67 Å². The summed E-state index contributed by atoms with van der Waals surface area (Å²) < 4.78 is 1.89. The van der Waals surface area contributed by atoms with Crippen LogP contribution in [0.2, 0.25) is 0 Å². The molecule has 0 atom stereocenters. The minimum absolute atomic E-state index is 0. The van der Waals surface area contributed by atoms with E-state index in [4.69, 9.17) is 0 Å². The van der Waals surface area contributed by atoms with Crippen LogP contribution in [0, 0.1) is 13.8 Å². The lowest BCUT2D eigenvalue weighted by atomic mass is 10.1. The first-order valence-electron chi connectivity index (χ1n) is 8.00. The van der Waals surface area contributed by atoms with E-state index in [1.54, 1.807) is 0 Å². The van der Waals surface area contributed by atoms with E-state index in [9.17, 15) is 4.79 Å². The van der Waals surface area contributed by atoms with Gasteiger partial charge in [0, 0.05) is 4.88 Å². The molecule has 1 saturated heterocycles. The Kier molecular flexibility index (Phi) is 6.31. The zero-order valence-electron chi connectivity index (χ0n) is 14.1. The van der Waals surface area contributed by atoms with Crippen molar-refractivity contribution in [2.45, 2.75) is 46.1 Å². The molecule has 0 saturated carbocycles. The summed E-state index contributed by atoms with van der Waals surface area (Å²) in [4.78, 5) is 18.0. The number of amides is 1. The largest absolute Gasteiger partial charge is 0.317 e. The van der Waals surface area contributed by atoms with Gasteiger partial charge in [-0.3, -0.25) is 10.1 Å². The topological polar surface area (TPSA) is 84.7 Å². The fourth-order valence-electron chi connectivity index (χ4n) is 2.91. The van der Waals surface area contributed by atoms with Crippen LogP contribution in [0.15, 0.2) is 0 Å². The molecule has 3 heterocycles. The van der Waals surface area contributed by atoms with Crippen LogP contribution in [0.3, 0.4) is 0 Å². The minimum Gasteiger partial charge on any atom is -0.317 e. The number of hydrogen-bond acceptors (Lipinski definition) is 6. The first kappa shape index (κ1) is 18.8. The number of carbonyl (C=O) groups is 1. The lowest BCUT2D eigenvalue weighted by Crippen LogP contribution is -2.30. The molecule has 1 amide bonds. The number of thiazole rings is 1. The second-order valence-corrected chi connectivity index (χ2v) is 6.98. The fourth-order valence-corrected chi connectivity index (χ4v) is 3.81. The van der Waals surface area contributed by atoms with Gasteiger partial charge in [-0.05, 0) is 46.2 Å². The van der Waals surface area contributed by atoms with Gasteiger partial charge in [0.05, 0.1) is 17.4 Å². The van der Waals surface area contributed by atoms with Gasteiger partial charge in [0.25, 0.3) is 5.91 Å². The average Bonchev–Trinajstić information content (AvgIpc) is 3.10. The molecular formula is C15H23ClN6OS. The number of halogens is 1. The van der Waals surface area contributed by atoms with E-state index < -0.39 is 0 Å². The van der Waals surface area contributed by atoms with Crippen molar-refractivity contribution in [1.82, 2.24) is 25.3 Å². The molecule has 2 aromatic heterocycles. The number of carbonyl (C=O) groups excluding carboxylic acids is 1. The molecule has 132 valence electrons. The highest BCUT2D eigenvalue weighted by Crippen LogP contribution is 2.24. The molecule has 24 heavy (non-hydrogen) atoms. The Morgan fingerprint density at radius 2 is 2.08 bits per heavy atom. The van der Waals surface area contributed by atoms with Crippen LogP contribution >= 0.6 is 23.7 Å². The van der Waals surface area contributed by atoms with Crippen molar-refractivity contribution in [3.05, 3.63) is 22.0 Å². The number of rotatable bonds is 4. The lowest BCUT2D eigenvalue weighted by molar-refractivity contribution is 0.102. The first-order valence-corrected chi connectivity index (χ1v) is 8.82. The zero-order valence-corrected chi connectivity index (χ0v) is 15.8. The van der Waals surface area contributed by atoms with Gasteiger partial charge in [-0.2, -0.15) is 0 Å². The average molecular weight is 371 g/mol. The molecule has 2 aromatic rings. The molecule has 1 aliphatic heterocycles. The van der Waals surface area contributed by atoms with Crippen molar-refractivity contribution in [3.8, 4) is 0 Å². The summed E-state index contributed by atoms with van der Waals surface area (Å²) >= 11 is 1.50. The molecule has 0 unspecified atom stereocenters. The molecule has 0 bridgehead atoms. The molecule has 0 radical (unpaired) electrons.